The Balaban J connectivity index is 2.40. The molecule has 2 nitrogen and oxygen atoms in total. The summed E-state index contributed by atoms with van der Waals surface area (Å²) in [5, 5.41) is 10.3. The van der Waals surface area contributed by atoms with Gasteiger partial charge in [-0.2, -0.15) is 0 Å². The van der Waals surface area contributed by atoms with Gasteiger partial charge in [-0.25, -0.2) is 4.39 Å². The predicted molar refractivity (Wildman–Crippen MR) is 73.3 cm³/mol. The number of para-hydroxylation sites is 1. The minimum absolute atomic E-state index is 0.0409. The highest BCUT2D eigenvalue weighted by Crippen LogP contribution is 2.33. The van der Waals surface area contributed by atoms with E-state index >= 15 is 0 Å². The van der Waals surface area contributed by atoms with Gasteiger partial charge in [0.25, 0.3) is 0 Å². The fraction of sp³-hybridized carbons (Fsp3) is 0.200. The highest BCUT2D eigenvalue weighted by Gasteiger charge is 2.14. The first-order valence-corrected chi connectivity index (χ1v) is 6.27. The molecule has 0 heterocycles. The summed E-state index contributed by atoms with van der Waals surface area (Å²) in [7, 11) is 0. The molecule has 0 radical (unpaired) electrons. The number of hydrogen-bond acceptors (Lipinski definition) is 2. The van der Waals surface area contributed by atoms with Crippen molar-refractivity contribution in [3.63, 3.8) is 0 Å². The van der Waals surface area contributed by atoms with Crippen LogP contribution in [-0.2, 0) is 0 Å². The molecule has 1 N–H and O–H groups in total. The van der Waals surface area contributed by atoms with Gasteiger partial charge in [-0.15, -0.1) is 0 Å². The molecular weight excluding hydrogens is 267 g/mol. The zero-order chi connectivity index (χ0) is 14.0. The maximum Gasteiger partial charge on any atom is 0.168 e. The molecule has 0 spiro atoms. The number of halogens is 2. The van der Waals surface area contributed by atoms with E-state index in [-0.39, 0.29) is 5.75 Å². The van der Waals surface area contributed by atoms with Crippen LogP contribution in [0.4, 0.5) is 4.39 Å². The predicted octanol–water partition coefficient (Wildman–Crippen LogP) is 4.63. The van der Waals surface area contributed by atoms with Crippen molar-refractivity contribution in [1.29, 1.82) is 0 Å². The molecule has 0 aliphatic rings. The molecule has 1 atom stereocenters. The van der Waals surface area contributed by atoms with Crippen molar-refractivity contribution >= 4 is 11.6 Å². The SMILES string of the molecule is Cc1cc(Oc2c(F)cccc2C(C)O)ccc1Cl. The first kappa shape index (κ1) is 13.8. The molecule has 1 unspecified atom stereocenters. The Labute approximate surface area is 116 Å². The second-order valence-corrected chi connectivity index (χ2v) is 4.75. The third-order valence-electron chi connectivity index (χ3n) is 2.80. The first-order chi connectivity index (χ1) is 8.99. The topological polar surface area (TPSA) is 29.5 Å². The van der Waals surface area contributed by atoms with Crippen LogP contribution in [-0.4, -0.2) is 5.11 Å². The lowest BCUT2D eigenvalue weighted by Crippen LogP contribution is -1.98. The third-order valence-corrected chi connectivity index (χ3v) is 3.22. The van der Waals surface area contributed by atoms with Gasteiger partial charge in [0.1, 0.15) is 5.75 Å². The van der Waals surface area contributed by atoms with Gasteiger partial charge >= 0.3 is 0 Å². The average molecular weight is 281 g/mol. The largest absolute Gasteiger partial charge is 0.454 e. The molecule has 0 fully saturated rings. The van der Waals surface area contributed by atoms with Crippen molar-refractivity contribution in [1.82, 2.24) is 0 Å². The molecule has 0 aromatic heterocycles. The zero-order valence-corrected chi connectivity index (χ0v) is 11.4. The first-order valence-electron chi connectivity index (χ1n) is 5.89. The highest BCUT2D eigenvalue weighted by atomic mass is 35.5. The van der Waals surface area contributed by atoms with Gasteiger partial charge in [0.15, 0.2) is 11.6 Å². The zero-order valence-electron chi connectivity index (χ0n) is 10.7. The second-order valence-electron chi connectivity index (χ2n) is 4.35. The quantitative estimate of drug-likeness (QED) is 0.888. The summed E-state index contributed by atoms with van der Waals surface area (Å²) in [5.74, 6) is 0.0131. The van der Waals surface area contributed by atoms with Crippen molar-refractivity contribution in [3.05, 3.63) is 58.4 Å². The monoisotopic (exact) mass is 280 g/mol. The Kier molecular flexibility index (Phi) is 4.08. The van der Waals surface area contributed by atoms with Crippen LogP contribution in [0.25, 0.3) is 0 Å². The van der Waals surface area contributed by atoms with Crippen LogP contribution in [0.15, 0.2) is 36.4 Å². The highest BCUT2D eigenvalue weighted by molar-refractivity contribution is 6.31. The molecule has 0 aliphatic heterocycles. The van der Waals surface area contributed by atoms with Gasteiger partial charge in [0.05, 0.1) is 6.10 Å². The molecule has 4 heteroatoms. The molecule has 0 saturated heterocycles. The summed E-state index contributed by atoms with van der Waals surface area (Å²) in [6.45, 7) is 3.40. The van der Waals surface area contributed by atoms with Gasteiger partial charge in [0, 0.05) is 10.6 Å². The van der Waals surface area contributed by atoms with E-state index < -0.39 is 11.9 Å². The Morgan fingerprint density at radius 2 is 2.00 bits per heavy atom. The van der Waals surface area contributed by atoms with Crippen LogP contribution in [0, 0.1) is 12.7 Å². The summed E-state index contributed by atoms with van der Waals surface area (Å²) >= 11 is 5.93. The maximum atomic E-state index is 13.8. The molecule has 2 aromatic rings. The summed E-state index contributed by atoms with van der Waals surface area (Å²) in [5.41, 5.74) is 1.25. The van der Waals surface area contributed by atoms with Gasteiger partial charge in [-0.1, -0.05) is 23.7 Å². The van der Waals surface area contributed by atoms with Crippen molar-refractivity contribution in [3.8, 4) is 11.5 Å². The van der Waals surface area contributed by atoms with Crippen LogP contribution in [0.1, 0.15) is 24.2 Å². The van der Waals surface area contributed by atoms with Crippen molar-refractivity contribution in [2.75, 3.05) is 0 Å². The summed E-state index contributed by atoms with van der Waals surface area (Å²) in [6.07, 6.45) is -0.806. The van der Waals surface area contributed by atoms with Crippen LogP contribution in [0.3, 0.4) is 0 Å². The molecule has 2 rings (SSSR count). The summed E-state index contributed by atoms with van der Waals surface area (Å²) < 4.78 is 19.4. The number of aliphatic hydroxyl groups excluding tert-OH is 1. The lowest BCUT2D eigenvalue weighted by atomic mass is 10.1. The minimum atomic E-state index is -0.806. The number of aliphatic hydroxyl groups is 1. The van der Waals surface area contributed by atoms with Crippen molar-refractivity contribution in [2.45, 2.75) is 20.0 Å². The molecule has 0 aliphatic carbocycles. The van der Waals surface area contributed by atoms with Gasteiger partial charge in [0.2, 0.25) is 0 Å². The molecule has 0 bridgehead atoms. The lowest BCUT2D eigenvalue weighted by molar-refractivity contribution is 0.194. The molecular formula is C15H14ClFO2. The number of hydrogen-bond donors (Lipinski definition) is 1. The van der Waals surface area contributed by atoms with E-state index in [4.69, 9.17) is 16.3 Å². The number of aryl methyl sites for hydroxylation is 1. The van der Waals surface area contributed by atoms with Crippen molar-refractivity contribution < 1.29 is 14.2 Å². The van der Waals surface area contributed by atoms with Crippen molar-refractivity contribution in [2.24, 2.45) is 0 Å². The fourth-order valence-electron chi connectivity index (χ4n) is 1.76. The molecule has 0 saturated carbocycles. The van der Waals surface area contributed by atoms with E-state index in [1.807, 2.05) is 6.92 Å². The number of ether oxygens (including phenoxy) is 1. The lowest BCUT2D eigenvalue weighted by Gasteiger charge is -2.14. The van der Waals surface area contributed by atoms with E-state index in [2.05, 4.69) is 0 Å². The number of rotatable bonds is 3. The standard InChI is InChI=1S/C15H14ClFO2/c1-9-8-11(6-7-13(9)16)19-15-12(10(2)18)4-3-5-14(15)17/h3-8,10,18H,1-2H3. The Bertz CT molecular complexity index is 597. The van der Waals surface area contributed by atoms with Crippen LogP contribution < -0.4 is 4.74 Å². The van der Waals surface area contributed by atoms with Gasteiger partial charge in [-0.05, 0) is 43.7 Å². The Hall–Kier alpha value is -1.58. The summed E-state index contributed by atoms with van der Waals surface area (Å²) in [4.78, 5) is 0. The Morgan fingerprint density at radius 1 is 1.26 bits per heavy atom. The van der Waals surface area contributed by atoms with E-state index in [1.54, 1.807) is 31.2 Å². The Morgan fingerprint density at radius 3 is 2.63 bits per heavy atom. The van der Waals surface area contributed by atoms with E-state index in [1.165, 1.54) is 12.1 Å². The second kappa shape index (κ2) is 5.59. The minimum Gasteiger partial charge on any atom is -0.454 e. The van der Waals surface area contributed by atoms with Crippen LogP contribution >= 0.6 is 11.6 Å². The fourth-order valence-corrected chi connectivity index (χ4v) is 1.88. The molecule has 0 amide bonds. The number of benzene rings is 2. The van der Waals surface area contributed by atoms with Crippen LogP contribution in [0.5, 0.6) is 11.5 Å². The molecule has 19 heavy (non-hydrogen) atoms. The third kappa shape index (κ3) is 3.06. The average Bonchev–Trinajstić information content (AvgIpc) is 2.36. The van der Waals surface area contributed by atoms with E-state index in [9.17, 15) is 9.50 Å². The van der Waals surface area contributed by atoms with Gasteiger partial charge in [-0.3, -0.25) is 0 Å². The molecule has 100 valence electrons. The maximum absolute atomic E-state index is 13.8. The van der Waals surface area contributed by atoms with E-state index in [0.29, 0.717) is 16.3 Å². The van der Waals surface area contributed by atoms with E-state index in [0.717, 1.165) is 5.56 Å². The normalized spacial score (nSPS) is 12.3. The van der Waals surface area contributed by atoms with Gasteiger partial charge < -0.3 is 9.84 Å². The molecule has 2 aromatic carbocycles. The smallest absolute Gasteiger partial charge is 0.168 e. The van der Waals surface area contributed by atoms with Crippen LogP contribution in [0.2, 0.25) is 5.02 Å². The summed E-state index contributed by atoms with van der Waals surface area (Å²) in [6, 6.07) is 9.54.